The molecule has 26 heteroatoms. The second kappa shape index (κ2) is 86.0. The van der Waals surface area contributed by atoms with Gasteiger partial charge in [-0.05, 0) is 127 Å². The summed E-state index contributed by atoms with van der Waals surface area (Å²) < 4.78 is 0. The zero-order valence-corrected chi connectivity index (χ0v) is 34.8. The quantitative estimate of drug-likeness (QED) is 0.177. The van der Waals surface area contributed by atoms with Gasteiger partial charge in [0.1, 0.15) is 0 Å². The van der Waals surface area contributed by atoms with Crippen molar-refractivity contribution in [3.8, 4) is 0 Å². The van der Waals surface area contributed by atoms with E-state index >= 15 is 0 Å². The normalized spacial score (nSPS) is 7.20. The van der Waals surface area contributed by atoms with Crippen LogP contribution in [0.15, 0.2) is 0 Å². The maximum absolute atomic E-state index is 8.78. The van der Waals surface area contributed by atoms with Gasteiger partial charge >= 0.3 is 34.1 Å². The molecule has 14 radical (unpaired) electrons. The maximum atomic E-state index is 8.78. The third-order valence-electron chi connectivity index (χ3n) is 0. The van der Waals surface area contributed by atoms with E-state index in [1.807, 2.05) is 156 Å². The van der Waals surface area contributed by atoms with Crippen LogP contribution in [-0.4, -0.2) is 269 Å². The molecule has 6 N–H and O–H groups in total. The first kappa shape index (κ1) is 91.7. The van der Waals surface area contributed by atoms with Crippen molar-refractivity contribution in [3.05, 3.63) is 0 Å². The van der Waals surface area contributed by atoms with E-state index in [0.29, 0.717) is 0 Å². The van der Waals surface area contributed by atoms with E-state index in [9.17, 15) is 0 Å². The van der Waals surface area contributed by atoms with Gasteiger partial charge in [-0.3, -0.25) is 28.8 Å². The van der Waals surface area contributed by atoms with Gasteiger partial charge in [-0.15, -0.1) is 0 Å². The minimum Gasteiger partial charge on any atom is -0.490 e. The summed E-state index contributed by atoms with van der Waals surface area (Å²) in [6, 6.07) is 0. The molecule has 0 aliphatic carbocycles. The Bertz CT molecular complexity index is 502. The number of hydrogen-bond acceptors (Lipinski definition) is 12. The average molecular weight is 817 g/mol. The fourth-order valence-corrected chi connectivity index (χ4v) is 0. The molecule has 0 heterocycles. The van der Waals surface area contributed by atoms with Crippen molar-refractivity contribution in [2.75, 3.05) is 127 Å². The summed E-state index contributed by atoms with van der Waals surface area (Å²) in [6.07, 6.45) is 0. The Morgan fingerprint density at radius 3 is 0.260 bits per heavy atom. The Kier molecular flexibility index (Phi) is 158. The molecule has 294 valence electrons. The minimum atomic E-state index is -1.33. The van der Waals surface area contributed by atoms with Crippen molar-refractivity contribution in [3.63, 3.8) is 0 Å². The van der Waals surface area contributed by atoms with Crippen LogP contribution in [0.3, 0.4) is 0 Å². The summed E-state index contributed by atoms with van der Waals surface area (Å²) >= 11 is 0. The number of hydrogen-bond donors (Lipinski definition) is 6. The van der Waals surface area contributed by atoms with Crippen LogP contribution in [0, 0.1) is 0 Å². The molecule has 0 amide bonds. The number of rotatable bonds is 0. The molecule has 0 atom stereocenters. The van der Waals surface area contributed by atoms with Crippen LogP contribution in [0.25, 0.3) is 0 Å². The predicted octanol–water partition coefficient (Wildman–Crippen LogP) is 0.0592. The fraction of sp³-hybridized carbons (Fsp3) is 0.750. The Morgan fingerprint density at radius 2 is 0.260 bits per heavy atom. The van der Waals surface area contributed by atoms with E-state index < -0.39 is 35.2 Å². The molecule has 18 nitrogen and oxygen atoms in total. The summed E-state index contributed by atoms with van der Waals surface area (Å²) in [5, 5.41) is 43.2. The van der Waals surface area contributed by atoms with Gasteiger partial charge < -0.3 is 60.0 Å². The molecule has 0 bridgehead atoms. The molecule has 50 heavy (non-hydrogen) atoms. The third-order valence-corrected chi connectivity index (χ3v) is 0. The van der Waals surface area contributed by atoms with Gasteiger partial charge in [0.15, 0.2) is 0 Å². The number of carboxylic acid groups (broad SMARTS) is 6. The topological polar surface area (TPSA) is 243 Å². The van der Waals surface area contributed by atoms with Crippen LogP contribution in [0.1, 0.15) is 0 Å². The molecule has 0 aliphatic rings. The van der Waals surface area contributed by atoms with Gasteiger partial charge in [0.25, 0.3) is 0 Å². The molecule has 0 saturated heterocycles. The van der Waals surface area contributed by atoms with Crippen LogP contribution >= 0.6 is 0 Å². The van der Waals surface area contributed by atoms with Crippen molar-refractivity contribution < 1.29 is 93.5 Å². The predicted molar refractivity (Wildman–Crippen MR) is 200 cm³/mol. The summed E-state index contributed by atoms with van der Waals surface area (Å²) in [5.41, 5.74) is 0. The zero-order chi connectivity index (χ0) is 42.9. The van der Waals surface area contributed by atoms with Crippen molar-refractivity contribution in [1.82, 2.24) is 29.4 Å². The van der Waals surface area contributed by atoms with Crippen LogP contribution in [0.5, 0.6) is 0 Å². The van der Waals surface area contributed by atoms with Gasteiger partial charge in [-0.1, -0.05) is 0 Å². The van der Waals surface area contributed by atoms with Crippen molar-refractivity contribution in [2.24, 2.45) is 0 Å². The Labute approximate surface area is 331 Å². The third kappa shape index (κ3) is 23500. The molecular weight excluding hydrogens is 756 g/mol. The van der Waals surface area contributed by atoms with E-state index in [4.69, 9.17) is 59.4 Å². The van der Waals surface area contributed by atoms with Gasteiger partial charge in [0.2, 0.25) is 82.3 Å². The van der Waals surface area contributed by atoms with E-state index in [2.05, 4.69) is 47.1 Å². The van der Waals surface area contributed by atoms with Crippen LogP contribution in [0.2, 0.25) is 0 Å². The van der Waals surface area contributed by atoms with E-state index in [0.717, 1.165) is 0 Å². The van der Waals surface area contributed by atoms with E-state index in [1.54, 1.807) is 0 Å². The van der Waals surface area contributed by atoms with Gasteiger partial charge in [0.05, 0.1) is 0 Å². The van der Waals surface area contributed by atoms with E-state index in [-0.39, 0.29) is 34.1 Å². The first-order valence-corrected chi connectivity index (χ1v) is 12.3. The zero-order valence-electron chi connectivity index (χ0n) is 32.9. The number of nitrogens with zero attached hydrogens (tertiary/aromatic N) is 6. The summed E-state index contributed by atoms with van der Waals surface area (Å²) in [5.74, 6) is -8.00. The molecular formula is C24H60B6Cu2N6O12+4. The first-order valence-electron chi connectivity index (χ1n) is 12.3. The van der Waals surface area contributed by atoms with Crippen LogP contribution in [0.4, 0.5) is 28.8 Å². The van der Waals surface area contributed by atoms with Crippen molar-refractivity contribution in [2.45, 2.75) is 0 Å². The maximum Gasteiger partial charge on any atom is 2.00 e. The van der Waals surface area contributed by atoms with Crippen LogP contribution in [-0.2, 0) is 34.1 Å². The molecule has 0 fully saturated rings. The summed E-state index contributed by atoms with van der Waals surface area (Å²) in [7, 11) is 60.2. The first-order chi connectivity index (χ1) is 20.8. The Morgan fingerprint density at radius 1 is 0.260 bits per heavy atom. The molecule has 0 rings (SSSR count). The van der Waals surface area contributed by atoms with Gasteiger partial charge in [-0.2, -0.15) is 0 Å². The SMILES string of the molecule is CN(C)C.CN(C)C.CN(C)C.CN(C)C.CN(C)C.CN(C)C.[B]C(=O)O.[B]C(=O)O.[B]C(=O)O.[B]C(=O)O.[B]C(=O)O.[B]C(=O)O.[Cu+2].[Cu+2]. The van der Waals surface area contributed by atoms with Crippen molar-refractivity contribution >= 4 is 82.3 Å². The molecule has 0 aliphatic heterocycles. The second-order valence-electron chi connectivity index (χ2n) is 10.1. The number of carbonyl (C=O) groups is 6. The molecule has 0 aromatic rings. The summed E-state index contributed by atoms with van der Waals surface area (Å²) in [6.45, 7) is 0. The Hall–Kier alpha value is -1.99. The summed E-state index contributed by atoms with van der Waals surface area (Å²) in [4.78, 5) is 64.7. The largest absolute Gasteiger partial charge is 2.00 e. The molecule has 0 saturated carbocycles. The smallest absolute Gasteiger partial charge is 0.490 e. The fourth-order valence-electron chi connectivity index (χ4n) is 0. The molecule has 0 spiro atoms. The van der Waals surface area contributed by atoms with E-state index in [1.165, 1.54) is 0 Å². The molecule has 0 aromatic heterocycles. The monoisotopic (exact) mass is 816 g/mol. The van der Waals surface area contributed by atoms with Gasteiger partial charge in [-0.25, -0.2) is 0 Å². The van der Waals surface area contributed by atoms with Crippen molar-refractivity contribution in [1.29, 1.82) is 0 Å². The van der Waals surface area contributed by atoms with Gasteiger partial charge in [0, 0.05) is 0 Å². The Balaban J connectivity index is -0.0000000235. The molecule has 0 unspecified atom stereocenters. The molecule has 0 aromatic carbocycles. The van der Waals surface area contributed by atoms with Crippen LogP contribution < -0.4 is 0 Å². The second-order valence-corrected chi connectivity index (χ2v) is 10.1. The average Bonchev–Trinajstić information content (AvgIpc) is 2.61. The minimum absolute atomic E-state index is 0. The standard InChI is InChI=1S/6C3H9N.6CHBO2.2Cu/c6*1-4(2)3;6*2-1(3)4;;/h6*1-3H3;6*(H,3,4);;/q;;;;;;;;;;;;2*+2.